The molecule has 1 aromatic heterocycles. The largest absolute Gasteiger partial charge is 0.398 e. The number of nitrogens with two attached hydrogens (primary N) is 1. The summed E-state index contributed by atoms with van der Waals surface area (Å²) in [6.07, 6.45) is 1.54. The van der Waals surface area contributed by atoms with Crippen molar-refractivity contribution in [3.05, 3.63) is 47.7 Å². The Bertz CT molecular complexity index is 539. The fourth-order valence-corrected chi connectivity index (χ4v) is 1.34. The first-order valence-corrected chi connectivity index (χ1v) is 5.12. The molecule has 0 spiro atoms. The third-order valence-corrected chi connectivity index (χ3v) is 2.36. The van der Waals surface area contributed by atoms with E-state index in [2.05, 4.69) is 15.5 Å². The van der Waals surface area contributed by atoms with Crippen LogP contribution in [-0.4, -0.2) is 16.1 Å². The van der Waals surface area contributed by atoms with Gasteiger partial charge in [0.2, 0.25) is 0 Å². The van der Waals surface area contributed by atoms with Gasteiger partial charge in [0, 0.05) is 17.4 Å². The summed E-state index contributed by atoms with van der Waals surface area (Å²) in [7, 11) is 0. The van der Waals surface area contributed by atoms with Crippen molar-refractivity contribution in [2.45, 2.75) is 6.92 Å². The molecule has 2 aromatic rings. The van der Waals surface area contributed by atoms with E-state index in [1.807, 2.05) is 6.92 Å². The summed E-state index contributed by atoms with van der Waals surface area (Å²) in [4.78, 5) is 11.8. The molecule has 0 fully saturated rings. The number of carbonyl (C=O) groups is 1. The number of nitrogens with one attached hydrogen (secondary N) is 1. The van der Waals surface area contributed by atoms with Crippen LogP contribution in [0.2, 0.25) is 0 Å². The van der Waals surface area contributed by atoms with E-state index >= 15 is 0 Å². The van der Waals surface area contributed by atoms with Gasteiger partial charge in [-0.25, -0.2) is 0 Å². The summed E-state index contributed by atoms with van der Waals surface area (Å²) in [5.74, 6) is 0.161. The lowest BCUT2D eigenvalue weighted by atomic mass is 10.1. The van der Waals surface area contributed by atoms with Crippen LogP contribution in [0, 0.1) is 6.92 Å². The van der Waals surface area contributed by atoms with Crippen molar-refractivity contribution in [3.8, 4) is 0 Å². The van der Waals surface area contributed by atoms with Crippen LogP contribution in [0.1, 0.15) is 15.9 Å². The highest BCUT2D eigenvalue weighted by atomic mass is 16.1. The summed E-state index contributed by atoms with van der Waals surface area (Å²) in [6, 6.07) is 8.54. The normalized spacial score (nSPS) is 9.94. The Labute approximate surface area is 98.7 Å². The first kappa shape index (κ1) is 11.1. The number of anilines is 2. The Hall–Kier alpha value is -2.43. The SMILES string of the molecule is Cc1ccc(C(=O)Nc2cccnn2)cc1N. The third-order valence-electron chi connectivity index (χ3n) is 2.36. The van der Waals surface area contributed by atoms with Gasteiger partial charge in [0.1, 0.15) is 0 Å². The summed E-state index contributed by atoms with van der Waals surface area (Å²) >= 11 is 0. The van der Waals surface area contributed by atoms with Crippen molar-refractivity contribution >= 4 is 17.4 Å². The number of rotatable bonds is 2. The molecule has 0 aliphatic heterocycles. The molecule has 17 heavy (non-hydrogen) atoms. The van der Waals surface area contributed by atoms with Gasteiger partial charge in [0.15, 0.2) is 5.82 Å². The molecule has 0 bridgehead atoms. The maximum atomic E-state index is 11.8. The lowest BCUT2D eigenvalue weighted by molar-refractivity contribution is 0.102. The molecule has 5 heteroatoms. The van der Waals surface area contributed by atoms with Gasteiger partial charge in [0.25, 0.3) is 5.91 Å². The number of amides is 1. The molecule has 86 valence electrons. The van der Waals surface area contributed by atoms with Gasteiger partial charge in [-0.3, -0.25) is 4.79 Å². The molecule has 3 N–H and O–H groups in total. The zero-order chi connectivity index (χ0) is 12.3. The van der Waals surface area contributed by atoms with Gasteiger partial charge in [-0.15, -0.1) is 5.10 Å². The predicted octanol–water partition coefficient (Wildman–Crippen LogP) is 1.62. The molecule has 2 rings (SSSR count). The van der Waals surface area contributed by atoms with Crippen molar-refractivity contribution in [3.63, 3.8) is 0 Å². The highest BCUT2D eigenvalue weighted by Gasteiger charge is 2.07. The Morgan fingerprint density at radius 3 is 2.82 bits per heavy atom. The topological polar surface area (TPSA) is 80.9 Å². The molecule has 5 nitrogen and oxygen atoms in total. The fraction of sp³-hybridized carbons (Fsp3) is 0.0833. The van der Waals surface area contributed by atoms with Gasteiger partial charge in [-0.1, -0.05) is 6.07 Å². The summed E-state index contributed by atoms with van der Waals surface area (Å²) in [5, 5.41) is 10.1. The number of aromatic nitrogens is 2. The van der Waals surface area contributed by atoms with Crippen LogP contribution < -0.4 is 11.1 Å². The van der Waals surface area contributed by atoms with Gasteiger partial charge >= 0.3 is 0 Å². The Balaban J connectivity index is 2.18. The van der Waals surface area contributed by atoms with Crippen LogP contribution in [-0.2, 0) is 0 Å². The molecule has 0 aliphatic rings. The van der Waals surface area contributed by atoms with Gasteiger partial charge in [0.05, 0.1) is 0 Å². The van der Waals surface area contributed by atoms with Crippen LogP contribution in [0.5, 0.6) is 0 Å². The molecular weight excluding hydrogens is 216 g/mol. The fourth-order valence-electron chi connectivity index (χ4n) is 1.34. The molecule has 0 radical (unpaired) electrons. The van der Waals surface area contributed by atoms with E-state index in [0.717, 1.165) is 5.56 Å². The minimum Gasteiger partial charge on any atom is -0.398 e. The summed E-state index contributed by atoms with van der Waals surface area (Å²) in [5.41, 5.74) is 7.78. The minimum atomic E-state index is -0.253. The molecule has 1 aromatic carbocycles. The second kappa shape index (κ2) is 4.61. The Morgan fingerprint density at radius 1 is 1.35 bits per heavy atom. The molecule has 0 atom stereocenters. The van der Waals surface area contributed by atoms with Crippen molar-refractivity contribution in [1.29, 1.82) is 0 Å². The lowest BCUT2D eigenvalue weighted by Gasteiger charge is -2.05. The van der Waals surface area contributed by atoms with Gasteiger partial charge in [-0.2, -0.15) is 5.10 Å². The van der Waals surface area contributed by atoms with Crippen molar-refractivity contribution < 1.29 is 4.79 Å². The van der Waals surface area contributed by atoms with Crippen molar-refractivity contribution in [2.75, 3.05) is 11.1 Å². The lowest BCUT2D eigenvalue weighted by Crippen LogP contribution is -2.13. The van der Waals surface area contributed by atoms with Crippen molar-refractivity contribution in [1.82, 2.24) is 10.2 Å². The zero-order valence-electron chi connectivity index (χ0n) is 9.34. The maximum Gasteiger partial charge on any atom is 0.256 e. The first-order valence-electron chi connectivity index (χ1n) is 5.12. The third kappa shape index (κ3) is 2.57. The molecule has 0 aliphatic carbocycles. The van der Waals surface area contributed by atoms with E-state index in [9.17, 15) is 4.79 Å². The van der Waals surface area contributed by atoms with E-state index in [1.54, 1.807) is 36.5 Å². The van der Waals surface area contributed by atoms with Crippen LogP contribution in [0.3, 0.4) is 0 Å². The highest BCUT2D eigenvalue weighted by molar-refractivity contribution is 6.04. The number of hydrogen-bond acceptors (Lipinski definition) is 4. The Morgan fingerprint density at radius 2 is 2.18 bits per heavy atom. The zero-order valence-corrected chi connectivity index (χ0v) is 9.34. The van der Waals surface area contributed by atoms with E-state index in [4.69, 9.17) is 5.73 Å². The van der Waals surface area contributed by atoms with Crippen LogP contribution >= 0.6 is 0 Å². The van der Waals surface area contributed by atoms with E-state index in [1.165, 1.54) is 0 Å². The second-order valence-electron chi connectivity index (χ2n) is 3.63. The first-order chi connectivity index (χ1) is 8.16. The summed E-state index contributed by atoms with van der Waals surface area (Å²) < 4.78 is 0. The smallest absolute Gasteiger partial charge is 0.256 e. The van der Waals surface area contributed by atoms with E-state index in [0.29, 0.717) is 17.1 Å². The molecule has 1 heterocycles. The van der Waals surface area contributed by atoms with Gasteiger partial charge in [-0.05, 0) is 36.8 Å². The molecule has 0 saturated carbocycles. The van der Waals surface area contributed by atoms with Crippen LogP contribution in [0.15, 0.2) is 36.5 Å². The second-order valence-corrected chi connectivity index (χ2v) is 3.63. The number of hydrogen-bond donors (Lipinski definition) is 2. The predicted molar refractivity (Wildman–Crippen MR) is 65.6 cm³/mol. The highest BCUT2D eigenvalue weighted by Crippen LogP contribution is 2.13. The number of carbonyl (C=O) groups excluding carboxylic acids is 1. The molecule has 0 saturated heterocycles. The Kier molecular flexibility index (Phi) is 3.00. The van der Waals surface area contributed by atoms with Crippen molar-refractivity contribution in [2.24, 2.45) is 0 Å². The monoisotopic (exact) mass is 228 g/mol. The molecule has 0 unspecified atom stereocenters. The van der Waals surface area contributed by atoms with Crippen LogP contribution in [0.25, 0.3) is 0 Å². The molecule has 1 amide bonds. The maximum absolute atomic E-state index is 11.8. The van der Waals surface area contributed by atoms with E-state index < -0.39 is 0 Å². The minimum absolute atomic E-state index is 0.253. The number of aryl methyl sites for hydroxylation is 1. The quantitative estimate of drug-likeness (QED) is 0.765. The van der Waals surface area contributed by atoms with Gasteiger partial charge < -0.3 is 11.1 Å². The average Bonchev–Trinajstić information content (AvgIpc) is 2.34. The number of benzene rings is 1. The van der Waals surface area contributed by atoms with Crippen LogP contribution in [0.4, 0.5) is 11.5 Å². The standard InChI is InChI=1S/C12H12N4O/c1-8-4-5-9(7-10(8)13)12(17)15-11-3-2-6-14-16-11/h2-7H,13H2,1H3,(H,15,16,17). The number of nitrogens with zero attached hydrogens (tertiary/aromatic N) is 2. The molecular formula is C12H12N4O. The average molecular weight is 228 g/mol. The summed E-state index contributed by atoms with van der Waals surface area (Å²) in [6.45, 7) is 1.89. The van der Waals surface area contributed by atoms with E-state index in [-0.39, 0.29) is 5.91 Å². The number of nitrogen functional groups attached to an aromatic ring is 1.